The minimum atomic E-state index is -0.208. The SMILES string of the molecule is O=C(CN(Cc1cccc(F)c1)C1CC1)NCC1CCCCC1. The van der Waals surface area contributed by atoms with Crippen molar-refractivity contribution in [2.24, 2.45) is 5.92 Å². The summed E-state index contributed by atoms with van der Waals surface area (Å²) in [6.45, 7) is 1.89. The molecule has 0 unspecified atom stereocenters. The third-order valence-electron chi connectivity index (χ3n) is 5.00. The number of hydrogen-bond acceptors (Lipinski definition) is 2. The highest BCUT2D eigenvalue weighted by Crippen LogP contribution is 2.28. The molecule has 0 radical (unpaired) electrons. The second-order valence-corrected chi connectivity index (χ2v) is 7.07. The molecule has 1 aromatic carbocycles. The average Bonchev–Trinajstić information content (AvgIpc) is 3.38. The second kappa shape index (κ2) is 7.91. The van der Waals surface area contributed by atoms with E-state index >= 15 is 0 Å². The van der Waals surface area contributed by atoms with Gasteiger partial charge in [0.15, 0.2) is 0 Å². The molecule has 0 aromatic heterocycles. The van der Waals surface area contributed by atoms with E-state index in [1.807, 2.05) is 6.07 Å². The molecule has 3 rings (SSSR count). The minimum Gasteiger partial charge on any atom is -0.355 e. The van der Waals surface area contributed by atoms with E-state index in [-0.39, 0.29) is 11.7 Å². The number of carbonyl (C=O) groups excluding carboxylic acids is 1. The molecule has 2 saturated carbocycles. The van der Waals surface area contributed by atoms with E-state index in [4.69, 9.17) is 0 Å². The molecule has 0 heterocycles. The van der Waals surface area contributed by atoms with Gasteiger partial charge in [-0.3, -0.25) is 9.69 Å². The second-order valence-electron chi connectivity index (χ2n) is 7.07. The van der Waals surface area contributed by atoms with Crippen LogP contribution in [0.1, 0.15) is 50.5 Å². The van der Waals surface area contributed by atoms with E-state index in [2.05, 4.69) is 10.2 Å². The van der Waals surface area contributed by atoms with Crippen molar-refractivity contribution in [2.45, 2.75) is 57.5 Å². The first-order valence-corrected chi connectivity index (χ1v) is 8.96. The molecule has 126 valence electrons. The average molecular weight is 318 g/mol. The van der Waals surface area contributed by atoms with Gasteiger partial charge >= 0.3 is 0 Å². The number of benzene rings is 1. The van der Waals surface area contributed by atoms with E-state index in [9.17, 15) is 9.18 Å². The van der Waals surface area contributed by atoms with E-state index in [1.54, 1.807) is 12.1 Å². The summed E-state index contributed by atoms with van der Waals surface area (Å²) in [5.74, 6) is 0.559. The first-order valence-electron chi connectivity index (χ1n) is 8.96. The lowest BCUT2D eigenvalue weighted by Crippen LogP contribution is -2.40. The van der Waals surface area contributed by atoms with Gasteiger partial charge in [-0.25, -0.2) is 4.39 Å². The van der Waals surface area contributed by atoms with Gasteiger partial charge < -0.3 is 5.32 Å². The first-order chi connectivity index (χ1) is 11.2. The standard InChI is InChI=1S/C19H27FN2O/c20-17-8-4-7-16(11-17)13-22(18-9-10-18)14-19(23)21-12-15-5-2-1-3-6-15/h4,7-8,11,15,18H,1-3,5-6,9-10,12-14H2,(H,21,23). The molecule has 3 nitrogen and oxygen atoms in total. The molecule has 23 heavy (non-hydrogen) atoms. The number of nitrogens with one attached hydrogen (secondary N) is 1. The highest BCUT2D eigenvalue weighted by atomic mass is 19.1. The number of halogens is 1. The summed E-state index contributed by atoms with van der Waals surface area (Å²) in [5.41, 5.74) is 0.942. The molecule has 0 spiro atoms. The van der Waals surface area contributed by atoms with Crippen LogP contribution in [-0.4, -0.2) is 29.9 Å². The normalized spacial score (nSPS) is 19.0. The maximum atomic E-state index is 13.3. The van der Waals surface area contributed by atoms with E-state index in [0.717, 1.165) is 24.9 Å². The van der Waals surface area contributed by atoms with Gasteiger partial charge in [-0.05, 0) is 49.3 Å². The Morgan fingerprint density at radius 2 is 1.96 bits per heavy atom. The van der Waals surface area contributed by atoms with Gasteiger partial charge in [0, 0.05) is 19.1 Å². The topological polar surface area (TPSA) is 32.3 Å². The van der Waals surface area contributed by atoms with Gasteiger partial charge in [0.2, 0.25) is 5.91 Å². The lowest BCUT2D eigenvalue weighted by atomic mass is 9.89. The van der Waals surface area contributed by atoms with Gasteiger partial charge in [-0.2, -0.15) is 0 Å². The lowest BCUT2D eigenvalue weighted by molar-refractivity contribution is -0.122. The Morgan fingerprint density at radius 1 is 1.17 bits per heavy atom. The Balaban J connectivity index is 1.47. The summed E-state index contributed by atoms with van der Waals surface area (Å²) < 4.78 is 13.3. The van der Waals surface area contributed by atoms with Gasteiger partial charge in [0.05, 0.1) is 6.54 Å². The maximum absolute atomic E-state index is 13.3. The molecule has 1 N–H and O–H groups in total. The summed E-state index contributed by atoms with van der Waals surface area (Å²) in [5, 5.41) is 3.11. The molecular weight excluding hydrogens is 291 g/mol. The molecule has 1 amide bonds. The number of amides is 1. The van der Waals surface area contributed by atoms with Crippen LogP contribution in [0.4, 0.5) is 4.39 Å². The third-order valence-corrected chi connectivity index (χ3v) is 5.00. The van der Waals surface area contributed by atoms with Crippen molar-refractivity contribution in [1.29, 1.82) is 0 Å². The van der Waals surface area contributed by atoms with Crippen LogP contribution in [0.3, 0.4) is 0 Å². The lowest BCUT2D eigenvalue weighted by Gasteiger charge is -2.24. The summed E-state index contributed by atoms with van der Waals surface area (Å²) >= 11 is 0. The maximum Gasteiger partial charge on any atom is 0.234 e. The number of rotatable bonds is 7. The summed E-state index contributed by atoms with van der Waals surface area (Å²) in [4.78, 5) is 14.4. The zero-order valence-electron chi connectivity index (χ0n) is 13.8. The first kappa shape index (κ1) is 16.4. The van der Waals surface area contributed by atoms with Crippen LogP contribution < -0.4 is 5.32 Å². The molecule has 4 heteroatoms. The Morgan fingerprint density at radius 3 is 2.65 bits per heavy atom. The quantitative estimate of drug-likeness (QED) is 0.835. The molecule has 0 atom stereocenters. The van der Waals surface area contributed by atoms with Gasteiger partial charge in [-0.1, -0.05) is 31.4 Å². The van der Waals surface area contributed by atoms with E-state index in [0.29, 0.717) is 25.0 Å². The molecule has 0 aliphatic heterocycles. The molecular formula is C19H27FN2O. The Hall–Kier alpha value is -1.42. The fourth-order valence-corrected chi connectivity index (χ4v) is 3.51. The van der Waals surface area contributed by atoms with Crippen LogP contribution in [0.5, 0.6) is 0 Å². The van der Waals surface area contributed by atoms with Crippen LogP contribution >= 0.6 is 0 Å². The molecule has 1 aromatic rings. The molecule has 0 bridgehead atoms. The number of carbonyl (C=O) groups is 1. The largest absolute Gasteiger partial charge is 0.355 e. The third kappa shape index (κ3) is 5.31. The summed E-state index contributed by atoms with van der Waals surface area (Å²) in [7, 11) is 0. The summed E-state index contributed by atoms with van der Waals surface area (Å²) in [6, 6.07) is 7.17. The van der Waals surface area contributed by atoms with Crippen LogP contribution in [0.25, 0.3) is 0 Å². The fourth-order valence-electron chi connectivity index (χ4n) is 3.51. The van der Waals surface area contributed by atoms with Crippen LogP contribution in [0, 0.1) is 11.7 Å². The van der Waals surface area contributed by atoms with Crippen molar-refractivity contribution < 1.29 is 9.18 Å². The fraction of sp³-hybridized carbons (Fsp3) is 0.632. The Labute approximate surface area is 138 Å². The molecule has 0 saturated heterocycles. The molecule has 2 aliphatic rings. The highest BCUT2D eigenvalue weighted by molar-refractivity contribution is 5.78. The van der Waals surface area contributed by atoms with Crippen molar-refractivity contribution in [1.82, 2.24) is 10.2 Å². The van der Waals surface area contributed by atoms with Crippen molar-refractivity contribution in [3.8, 4) is 0 Å². The van der Waals surface area contributed by atoms with Gasteiger partial charge in [-0.15, -0.1) is 0 Å². The van der Waals surface area contributed by atoms with Crippen molar-refractivity contribution in [2.75, 3.05) is 13.1 Å². The van der Waals surface area contributed by atoms with Gasteiger partial charge in [0.1, 0.15) is 5.82 Å². The van der Waals surface area contributed by atoms with Crippen LogP contribution in [-0.2, 0) is 11.3 Å². The number of hydrogen-bond donors (Lipinski definition) is 1. The zero-order chi connectivity index (χ0) is 16.1. The molecule has 2 aliphatic carbocycles. The van der Waals surface area contributed by atoms with Crippen molar-refractivity contribution in [3.05, 3.63) is 35.6 Å². The Bertz CT molecular complexity index is 524. The Kier molecular flexibility index (Phi) is 5.65. The van der Waals surface area contributed by atoms with Crippen molar-refractivity contribution in [3.63, 3.8) is 0 Å². The van der Waals surface area contributed by atoms with Gasteiger partial charge in [0.25, 0.3) is 0 Å². The van der Waals surface area contributed by atoms with E-state index in [1.165, 1.54) is 38.2 Å². The predicted octanol–water partition coefficient (Wildman–Crippen LogP) is 3.49. The molecule has 2 fully saturated rings. The summed E-state index contributed by atoms with van der Waals surface area (Å²) in [6.07, 6.45) is 8.72. The predicted molar refractivity (Wildman–Crippen MR) is 89.4 cm³/mol. The van der Waals surface area contributed by atoms with E-state index < -0.39 is 0 Å². The minimum absolute atomic E-state index is 0.110. The van der Waals surface area contributed by atoms with Crippen LogP contribution in [0.15, 0.2) is 24.3 Å². The van der Waals surface area contributed by atoms with Crippen LogP contribution in [0.2, 0.25) is 0 Å². The monoisotopic (exact) mass is 318 g/mol. The smallest absolute Gasteiger partial charge is 0.234 e. The number of nitrogens with zero attached hydrogens (tertiary/aromatic N) is 1. The van der Waals surface area contributed by atoms with Crippen molar-refractivity contribution >= 4 is 5.91 Å². The highest BCUT2D eigenvalue weighted by Gasteiger charge is 2.30. The zero-order valence-corrected chi connectivity index (χ0v) is 13.8.